The summed E-state index contributed by atoms with van der Waals surface area (Å²) in [4.78, 5) is 0. The van der Waals surface area contributed by atoms with Gasteiger partial charge in [0, 0.05) is 21.4 Å². The van der Waals surface area contributed by atoms with E-state index >= 15 is 0 Å². The summed E-state index contributed by atoms with van der Waals surface area (Å²) >= 11 is 6.46. The predicted molar refractivity (Wildman–Crippen MR) is 122 cm³/mol. The zero-order valence-electron chi connectivity index (χ0n) is 17.5. The molecule has 3 aromatic carbocycles. The minimum atomic E-state index is -0.0390. The van der Waals surface area contributed by atoms with Crippen LogP contribution in [0.4, 0.5) is 0 Å². The molecule has 0 spiro atoms. The molecule has 4 aromatic rings. The maximum absolute atomic E-state index is 6.46. The lowest BCUT2D eigenvalue weighted by atomic mass is 9.85. The molecular formula is C26H27ClO. The first-order valence-corrected chi connectivity index (χ1v) is 10.2. The molecule has 0 aliphatic heterocycles. The van der Waals surface area contributed by atoms with Gasteiger partial charge in [-0.25, -0.2) is 0 Å². The summed E-state index contributed by atoms with van der Waals surface area (Å²) in [5.41, 5.74) is 6.83. The fraction of sp³-hybridized carbons (Fsp3) is 0.308. The van der Waals surface area contributed by atoms with Crippen molar-refractivity contribution in [3.8, 4) is 11.1 Å². The van der Waals surface area contributed by atoms with Crippen LogP contribution in [-0.4, -0.2) is 0 Å². The molecule has 0 radical (unpaired) electrons. The Kier molecular flexibility index (Phi) is 4.35. The molecule has 0 unspecified atom stereocenters. The number of benzene rings is 3. The van der Waals surface area contributed by atoms with Crippen molar-refractivity contribution in [3.63, 3.8) is 0 Å². The Bertz CT molecular complexity index is 1170. The Morgan fingerprint density at radius 2 is 1.32 bits per heavy atom. The van der Waals surface area contributed by atoms with Crippen LogP contribution in [0.2, 0.25) is 5.02 Å². The molecule has 0 amide bonds. The normalized spacial score (nSPS) is 12.8. The van der Waals surface area contributed by atoms with E-state index in [-0.39, 0.29) is 10.8 Å². The zero-order chi connectivity index (χ0) is 20.3. The summed E-state index contributed by atoms with van der Waals surface area (Å²) in [6.45, 7) is 13.3. The molecule has 0 atom stereocenters. The monoisotopic (exact) mass is 390 g/mol. The van der Waals surface area contributed by atoms with Crippen LogP contribution in [0.5, 0.6) is 0 Å². The Morgan fingerprint density at radius 3 is 1.93 bits per heavy atom. The molecule has 0 N–H and O–H groups in total. The average molecular weight is 391 g/mol. The van der Waals surface area contributed by atoms with Gasteiger partial charge in [-0.2, -0.15) is 0 Å². The van der Waals surface area contributed by atoms with Gasteiger partial charge in [0.1, 0.15) is 11.2 Å². The third kappa shape index (κ3) is 3.33. The van der Waals surface area contributed by atoms with E-state index in [0.717, 1.165) is 32.5 Å². The van der Waals surface area contributed by atoms with Gasteiger partial charge in [-0.15, -0.1) is 0 Å². The lowest BCUT2D eigenvalue weighted by molar-refractivity contribution is 0.573. The van der Waals surface area contributed by atoms with Gasteiger partial charge in [0.25, 0.3) is 0 Å². The smallest absolute Gasteiger partial charge is 0.139 e. The Labute approximate surface area is 172 Å². The molecule has 144 valence electrons. The van der Waals surface area contributed by atoms with Crippen molar-refractivity contribution in [2.45, 2.75) is 52.4 Å². The van der Waals surface area contributed by atoms with Crippen LogP contribution in [0.25, 0.3) is 33.1 Å². The van der Waals surface area contributed by atoms with Gasteiger partial charge in [-0.3, -0.25) is 0 Å². The first kappa shape index (κ1) is 19.1. The van der Waals surface area contributed by atoms with Crippen LogP contribution in [0, 0.1) is 0 Å². The third-order valence-electron chi connectivity index (χ3n) is 5.43. The van der Waals surface area contributed by atoms with Crippen LogP contribution in [-0.2, 0) is 10.8 Å². The molecule has 28 heavy (non-hydrogen) atoms. The summed E-state index contributed by atoms with van der Waals surface area (Å²) in [6, 6.07) is 19.3. The number of halogens is 1. The van der Waals surface area contributed by atoms with Crippen molar-refractivity contribution in [2.75, 3.05) is 0 Å². The first-order valence-electron chi connectivity index (χ1n) is 9.81. The van der Waals surface area contributed by atoms with Crippen molar-refractivity contribution in [3.05, 3.63) is 70.7 Å². The summed E-state index contributed by atoms with van der Waals surface area (Å²) in [6.07, 6.45) is 0. The third-order valence-corrected chi connectivity index (χ3v) is 5.65. The second kappa shape index (κ2) is 6.39. The minimum Gasteiger partial charge on any atom is -0.456 e. The fourth-order valence-corrected chi connectivity index (χ4v) is 3.96. The number of hydrogen-bond acceptors (Lipinski definition) is 1. The van der Waals surface area contributed by atoms with Crippen molar-refractivity contribution < 1.29 is 4.42 Å². The molecule has 4 rings (SSSR count). The van der Waals surface area contributed by atoms with Crippen LogP contribution >= 0.6 is 11.6 Å². The minimum absolute atomic E-state index is 0.0390. The van der Waals surface area contributed by atoms with E-state index in [0.29, 0.717) is 0 Å². The fourth-order valence-electron chi connectivity index (χ4n) is 3.74. The van der Waals surface area contributed by atoms with Crippen LogP contribution in [0.3, 0.4) is 0 Å². The quantitative estimate of drug-likeness (QED) is 0.317. The molecule has 0 fully saturated rings. The van der Waals surface area contributed by atoms with E-state index < -0.39 is 0 Å². The predicted octanol–water partition coefficient (Wildman–Crippen LogP) is 8.50. The van der Waals surface area contributed by atoms with E-state index in [4.69, 9.17) is 16.0 Å². The molecule has 0 aliphatic rings. The highest BCUT2D eigenvalue weighted by molar-refractivity contribution is 6.32. The summed E-state index contributed by atoms with van der Waals surface area (Å²) in [5.74, 6) is 0. The van der Waals surface area contributed by atoms with Gasteiger partial charge < -0.3 is 4.42 Å². The number of fused-ring (bicyclic) bond motifs is 3. The Morgan fingerprint density at radius 1 is 0.679 bits per heavy atom. The lowest BCUT2D eigenvalue weighted by Crippen LogP contribution is -2.11. The Balaban J connectivity index is 1.89. The second-order valence-corrected chi connectivity index (χ2v) is 10.2. The van der Waals surface area contributed by atoms with E-state index in [2.05, 4.69) is 84.0 Å². The van der Waals surface area contributed by atoms with Crippen molar-refractivity contribution in [2.24, 2.45) is 0 Å². The molecule has 1 aromatic heterocycles. The maximum Gasteiger partial charge on any atom is 0.139 e. The summed E-state index contributed by atoms with van der Waals surface area (Å²) < 4.78 is 6.26. The number of furan rings is 1. The van der Waals surface area contributed by atoms with Gasteiger partial charge in [0.15, 0.2) is 0 Å². The second-order valence-electron chi connectivity index (χ2n) is 9.72. The molecule has 0 saturated heterocycles. The number of hydrogen-bond donors (Lipinski definition) is 0. The summed E-state index contributed by atoms with van der Waals surface area (Å²) in [5, 5.41) is 2.95. The van der Waals surface area contributed by atoms with E-state index in [9.17, 15) is 0 Å². The highest BCUT2D eigenvalue weighted by Crippen LogP contribution is 2.39. The van der Waals surface area contributed by atoms with Gasteiger partial charge >= 0.3 is 0 Å². The Hall–Kier alpha value is -2.25. The van der Waals surface area contributed by atoms with Crippen molar-refractivity contribution >= 4 is 33.5 Å². The zero-order valence-corrected chi connectivity index (χ0v) is 18.2. The van der Waals surface area contributed by atoms with E-state index in [1.54, 1.807) is 0 Å². The standard InChI is InChI=1S/C26H27ClO/c1-25(2,3)18-10-7-16(8-11-18)17-9-12-23-20(13-17)21-14-19(27)15-22(24(21)28-23)26(4,5)6/h7-15H,1-6H3. The van der Waals surface area contributed by atoms with Gasteiger partial charge in [-0.1, -0.05) is 83.5 Å². The highest BCUT2D eigenvalue weighted by Gasteiger charge is 2.22. The summed E-state index contributed by atoms with van der Waals surface area (Å²) in [7, 11) is 0. The highest BCUT2D eigenvalue weighted by atomic mass is 35.5. The number of rotatable bonds is 1. The molecule has 0 bridgehead atoms. The molecular weight excluding hydrogens is 364 g/mol. The van der Waals surface area contributed by atoms with Crippen molar-refractivity contribution in [1.29, 1.82) is 0 Å². The largest absolute Gasteiger partial charge is 0.456 e. The molecule has 1 heterocycles. The van der Waals surface area contributed by atoms with Crippen LogP contribution in [0.15, 0.2) is 59.0 Å². The maximum atomic E-state index is 6.46. The van der Waals surface area contributed by atoms with Crippen LogP contribution in [0.1, 0.15) is 52.7 Å². The lowest BCUT2D eigenvalue weighted by Gasteiger charge is -2.19. The van der Waals surface area contributed by atoms with E-state index in [1.165, 1.54) is 16.7 Å². The molecule has 0 saturated carbocycles. The SMILES string of the molecule is CC(C)(C)c1ccc(-c2ccc3oc4c(C(C)(C)C)cc(Cl)cc4c3c2)cc1. The van der Waals surface area contributed by atoms with Gasteiger partial charge in [-0.05, 0) is 51.8 Å². The molecule has 1 nitrogen and oxygen atoms in total. The van der Waals surface area contributed by atoms with Gasteiger partial charge in [0.05, 0.1) is 0 Å². The molecule has 0 aliphatic carbocycles. The molecule has 2 heteroatoms. The topological polar surface area (TPSA) is 13.1 Å². The first-order chi connectivity index (χ1) is 13.0. The van der Waals surface area contributed by atoms with Gasteiger partial charge in [0.2, 0.25) is 0 Å². The average Bonchev–Trinajstić information content (AvgIpc) is 2.97. The van der Waals surface area contributed by atoms with E-state index in [1.807, 2.05) is 12.1 Å². The van der Waals surface area contributed by atoms with Crippen LogP contribution < -0.4 is 0 Å². The van der Waals surface area contributed by atoms with Crippen molar-refractivity contribution in [1.82, 2.24) is 0 Å².